The zero-order valence-corrected chi connectivity index (χ0v) is 13.8. The number of hydrogen-bond acceptors (Lipinski definition) is 6. The first-order valence-electron chi connectivity index (χ1n) is 7.64. The number of ether oxygens (including phenoxy) is 1. The summed E-state index contributed by atoms with van der Waals surface area (Å²) in [4.78, 5) is 14.7. The molecule has 0 radical (unpaired) electrons. The molecular weight excluding hydrogens is 312 g/mol. The molecule has 1 aliphatic rings. The van der Waals surface area contributed by atoms with Gasteiger partial charge in [-0.1, -0.05) is 12.1 Å². The van der Waals surface area contributed by atoms with Crippen molar-refractivity contribution in [2.24, 2.45) is 0 Å². The summed E-state index contributed by atoms with van der Waals surface area (Å²) in [5.41, 5.74) is 1.00. The first-order valence-corrected chi connectivity index (χ1v) is 8.52. The van der Waals surface area contributed by atoms with Crippen LogP contribution in [-0.4, -0.2) is 42.2 Å². The zero-order chi connectivity index (χ0) is 16.2. The molecule has 0 saturated carbocycles. The Morgan fingerprint density at radius 1 is 1.35 bits per heavy atom. The minimum atomic E-state index is -0.440. The van der Waals surface area contributed by atoms with E-state index in [1.54, 1.807) is 23.5 Å². The molecule has 1 saturated heterocycles. The Hall–Kier alpha value is -1.89. The molecule has 1 atom stereocenters. The summed E-state index contributed by atoms with van der Waals surface area (Å²) in [5.74, 6) is -0.245. The van der Waals surface area contributed by atoms with Crippen LogP contribution >= 0.6 is 11.3 Å². The molecule has 1 aliphatic heterocycles. The highest BCUT2D eigenvalue weighted by Crippen LogP contribution is 2.36. The number of esters is 1. The predicted molar refractivity (Wildman–Crippen MR) is 90.0 cm³/mol. The Morgan fingerprint density at radius 2 is 2.13 bits per heavy atom. The molecular formula is C17H20N2O3S. The quantitative estimate of drug-likeness (QED) is 0.665. The summed E-state index contributed by atoms with van der Waals surface area (Å²) in [6.07, 6.45) is 0. The van der Waals surface area contributed by atoms with E-state index in [2.05, 4.69) is 21.7 Å². The van der Waals surface area contributed by atoms with E-state index in [0.29, 0.717) is 0 Å². The van der Waals surface area contributed by atoms with Crippen LogP contribution in [0.1, 0.15) is 23.4 Å². The SMILES string of the molecule is CC(=O)Oc1ccc([C@H](c2cccs2)N2CCNCC2)cc1O. The summed E-state index contributed by atoms with van der Waals surface area (Å²) < 4.78 is 5.01. The smallest absolute Gasteiger partial charge is 0.308 e. The standard InChI is InChI=1S/C17H20N2O3S/c1-12(20)22-15-5-4-13(11-14(15)21)17(16-3-2-10-23-16)19-8-6-18-7-9-19/h2-5,10-11,17-18,21H,6-9H2,1H3/t17-/m1/s1. The first kappa shape index (κ1) is 16.0. The third-order valence-electron chi connectivity index (χ3n) is 3.88. The number of aromatic hydroxyl groups is 1. The van der Waals surface area contributed by atoms with E-state index in [9.17, 15) is 9.90 Å². The average Bonchev–Trinajstić information content (AvgIpc) is 3.05. The maximum atomic E-state index is 11.1. The van der Waals surface area contributed by atoms with Crippen molar-refractivity contribution in [3.8, 4) is 11.5 Å². The lowest BCUT2D eigenvalue weighted by atomic mass is 10.0. The number of nitrogens with zero attached hydrogens (tertiary/aromatic N) is 1. The summed E-state index contributed by atoms with van der Waals surface area (Å²) in [6, 6.07) is 9.55. The highest BCUT2D eigenvalue weighted by molar-refractivity contribution is 7.10. The number of rotatable bonds is 4. The molecule has 1 aromatic heterocycles. The van der Waals surface area contributed by atoms with Crippen LogP contribution in [0.25, 0.3) is 0 Å². The molecule has 1 fully saturated rings. The van der Waals surface area contributed by atoms with Crippen molar-refractivity contribution in [3.63, 3.8) is 0 Å². The van der Waals surface area contributed by atoms with Gasteiger partial charge in [-0.05, 0) is 29.1 Å². The number of carbonyl (C=O) groups is 1. The molecule has 0 spiro atoms. The number of carbonyl (C=O) groups excluding carboxylic acids is 1. The summed E-state index contributed by atoms with van der Waals surface area (Å²) in [7, 11) is 0. The van der Waals surface area contributed by atoms with Crippen molar-refractivity contribution < 1.29 is 14.6 Å². The van der Waals surface area contributed by atoms with E-state index >= 15 is 0 Å². The minimum absolute atomic E-state index is 0.00519. The average molecular weight is 332 g/mol. The van der Waals surface area contributed by atoms with Gasteiger partial charge >= 0.3 is 5.97 Å². The molecule has 0 amide bonds. The normalized spacial score (nSPS) is 16.9. The highest BCUT2D eigenvalue weighted by Gasteiger charge is 2.25. The molecule has 122 valence electrons. The fraction of sp³-hybridized carbons (Fsp3) is 0.353. The molecule has 2 heterocycles. The lowest BCUT2D eigenvalue weighted by Crippen LogP contribution is -2.45. The van der Waals surface area contributed by atoms with Crippen molar-refractivity contribution in [3.05, 3.63) is 46.2 Å². The molecule has 3 rings (SSSR count). The second kappa shape index (κ2) is 7.12. The molecule has 2 aromatic rings. The van der Waals surface area contributed by atoms with Gasteiger partial charge in [0.2, 0.25) is 0 Å². The van der Waals surface area contributed by atoms with Crippen LogP contribution in [0.2, 0.25) is 0 Å². The molecule has 0 unspecified atom stereocenters. The number of nitrogens with one attached hydrogen (secondary N) is 1. The molecule has 5 nitrogen and oxygen atoms in total. The minimum Gasteiger partial charge on any atom is -0.504 e. The predicted octanol–water partition coefficient (Wildman–Crippen LogP) is 2.37. The van der Waals surface area contributed by atoms with E-state index in [1.807, 2.05) is 12.1 Å². The van der Waals surface area contributed by atoms with Crippen molar-refractivity contribution in [2.75, 3.05) is 26.2 Å². The van der Waals surface area contributed by atoms with Gasteiger partial charge in [0.15, 0.2) is 11.5 Å². The van der Waals surface area contributed by atoms with Gasteiger partial charge in [0.25, 0.3) is 0 Å². The van der Waals surface area contributed by atoms with Gasteiger partial charge in [-0.3, -0.25) is 9.69 Å². The zero-order valence-electron chi connectivity index (χ0n) is 13.0. The Bertz CT molecular complexity index is 666. The molecule has 0 bridgehead atoms. The summed E-state index contributed by atoms with van der Waals surface area (Å²) in [5, 5.41) is 15.6. The van der Waals surface area contributed by atoms with Gasteiger partial charge < -0.3 is 15.2 Å². The number of hydrogen-bond donors (Lipinski definition) is 2. The highest BCUT2D eigenvalue weighted by atomic mass is 32.1. The summed E-state index contributed by atoms with van der Waals surface area (Å²) in [6.45, 7) is 5.14. The number of phenolic OH excluding ortho intramolecular Hbond substituents is 1. The topological polar surface area (TPSA) is 61.8 Å². The van der Waals surface area contributed by atoms with Crippen LogP contribution in [-0.2, 0) is 4.79 Å². The number of phenols is 1. The second-order valence-corrected chi connectivity index (χ2v) is 6.50. The van der Waals surface area contributed by atoms with E-state index in [-0.39, 0.29) is 17.5 Å². The molecule has 23 heavy (non-hydrogen) atoms. The van der Waals surface area contributed by atoms with Gasteiger partial charge in [-0.15, -0.1) is 11.3 Å². The Labute approximate surface area is 139 Å². The first-order chi connectivity index (χ1) is 11.1. The van der Waals surface area contributed by atoms with Crippen LogP contribution in [0.4, 0.5) is 0 Å². The van der Waals surface area contributed by atoms with Gasteiger partial charge in [0.05, 0.1) is 6.04 Å². The van der Waals surface area contributed by atoms with E-state index in [4.69, 9.17) is 4.74 Å². The van der Waals surface area contributed by atoms with Crippen LogP contribution in [0.3, 0.4) is 0 Å². The van der Waals surface area contributed by atoms with Crippen LogP contribution in [0.5, 0.6) is 11.5 Å². The maximum absolute atomic E-state index is 11.1. The number of benzene rings is 1. The van der Waals surface area contributed by atoms with E-state index in [0.717, 1.165) is 31.7 Å². The van der Waals surface area contributed by atoms with Crippen molar-refractivity contribution in [1.29, 1.82) is 0 Å². The molecule has 1 aromatic carbocycles. The van der Waals surface area contributed by atoms with Crippen molar-refractivity contribution in [1.82, 2.24) is 10.2 Å². The maximum Gasteiger partial charge on any atom is 0.308 e. The molecule has 0 aliphatic carbocycles. The van der Waals surface area contributed by atoms with Gasteiger partial charge in [-0.2, -0.15) is 0 Å². The fourth-order valence-corrected chi connectivity index (χ4v) is 3.77. The van der Waals surface area contributed by atoms with Gasteiger partial charge in [0, 0.05) is 38.0 Å². The third-order valence-corrected chi connectivity index (χ3v) is 4.81. The largest absolute Gasteiger partial charge is 0.504 e. The van der Waals surface area contributed by atoms with Crippen LogP contribution in [0, 0.1) is 0 Å². The lowest BCUT2D eigenvalue weighted by Gasteiger charge is -2.34. The lowest BCUT2D eigenvalue weighted by molar-refractivity contribution is -0.132. The third kappa shape index (κ3) is 3.72. The summed E-state index contributed by atoms with van der Waals surface area (Å²) >= 11 is 1.71. The monoisotopic (exact) mass is 332 g/mol. The van der Waals surface area contributed by atoms with Crippen LogP contribution in [0.15, 0.2) is 35.7 Å². The van der Waals surface area contributed by atoms with Crippen LogP contribution < -0.4 is 10.1 Å². The van der Waals surface area contributed by atoms with Gasteiger partial charge in [-0.25, -0.2) is 0 Å². The number of thiophene rings is 1. The van der Waals surface area contributed by atoms with E-state index in [1.165, 1.54) is 11.8 Å². The van der Waals surface area contributed by atoms with Crippen molar-refractivity contribution in [2.45, 2.75) is 13.0 Å². The Balaban J connectivity index is 1.93. The molecule has 2 N–H and O–H groups in total. The van der Waals surface area contributed by atoms with Crippen molar-refractivity contribution >= 4 is 17.3 Å². The number of piperazine rings is 1. The van der Waals surface area contributed by atoms with Gasteiger partial charge in [0.1, 0.15) is 0 Å². The van der Waals surface area contributed by atoms with E-state index < -0.39 is 5.97 Å². The molecule has 6 heteroatoms. The Kier molecular flexibility index (Phi) is 4.95. The second-order valence-electron chi connectivity index (χ2n) is 5.52. The Morgan fingerprint density at radius 3 is 2.74 bits per heavy atom. The fourth-order valence-electron chi connectivity index (χ4n) is 2.89.